The fourth-order valence-corrected chi connectivity index (χ4v) is 1.47. The van der Waals surface area contributed by atoms with Crippen molar-refractivity contribution in [1.82, 2.24) is 10.1 Å². The van der Waals surface area contributed by atoms with Crippen molar-refractivity contribution < 1.29 is 27.6 Å². The molecule has 0 saturated heterocycles. The van der Waals surface area contributed by atoms with Crippen molar-refractivity contribution in [3.63, 3.8) is 0 Å². The van der Waals surface area contributed by atoms with Crippen LogP contribution < -0.4 is 5.32 Å². The van der Waals surface area contributed by atoms with Crippen LogP contribution in [0.5, 0.6) is 0 Å². The minimum absolute atomic E-state index is 0.339. The molecule has 0 bridgehead atoms. The van der Waals surface area contributed by atoms with Crippen molar-refractivity contribution in [3.05, 3.63) is 11.5 Å². The fourth-order valence-electron chi connectivity index (χ4n) is 1.47. The highest BCUT2D eigenvalue weighted by Gasteiger charge is 2.39. The quantitative estimate of drug-likeness (QED) is 0.889. The van der Waals surface area contributed by atoms with Gasteiger partial charge in [-0.05, 0) is 6.92 Å². The number of carbonyl (C=O) groups is 1. The van der Waals surface area contributed by atoms with Gasteiger partial charge in [-0.1, -0.05) is 12.1 Å². The van der Waals surface area contributed by atoms with Gasteiger partial charge in [-0.25, -0.2) is 4.79 Å². The number of anilines is 1. The number of aromatic nitrogens is 1. The Morgan fingerprint density at radius 3 is 2.65 bits per heavy atom. The third-order valence-electron chi connectivity index (χ3n) is 2.66. The second kappa shape index (κ2) is 6.12. The van der Waals surface area contributed by atoms with Gasteiger partial charge in [0.15, 0.2) is 11.9 Å². The molecular formula is C11H16F3N3O3. The molecule has 1 rings (SSSR count). The second-order valence-electron chi connectivity index (χ2n) is 4.29. The van der Waals surface area contributed by atoms with E-state index in [4.69, 9.17) is 9.63 Å². The largest absolute Gasteiger partial charge is 0.416 e. The maximum absolute atomic E-state index is 12.2. The summed E-state index contributed by atoms with van der Waals surface area (Å²) < 4.78 is 41.5. The van der Waals surface area contributed by atoms with Crippen LogP contribution in [0, 0.1) is 6.92 Å². The molecule has 114 valence electrons. The van der Waals surface area contributed by atoms with Crippen LogP contribution in [0.1, 0.15) is 18.4 Å². The molecule has 9 heteroatoms. The molecular weight excluding hydrogens is 279 g/mol. The molecule has 2 N–H and O–H groups in total. The Bertz CT molecular complexity index is 473. The number of amides is 2. The van der Waals surface area contributed by atoms with E-state index in [9.17, 15) is 18.0 Å². The van der Waals surface area contributed by atoms with Crippen molar-refractivity contribution in [2.75, 3.05) is 18.9 Å². The molecule has 0 aliphatic rings. The third-order valence-corrected chi connectivity index (χ3v) is 2.66. The number of nitrogens with one attached hydrogen (secondary N) is 1. The number of carbonyl (C=O) groups excluding carboxylic acids is 1. The van der Waals surface area contributed by atoms with Gasteiger partial charge in [-0.3, -0.25) is 0 Å². The zero-order valence-corrected chi connectivity index (χ0v) is 11.3. The number of alkyl halides is 3. The Morgan fingerprint density at radius 1 is 1.55 bits per heavy atom. The van der Waals surface area contributed by atoms with Gasteiger partial charge in [-0.2, -0.15) is 13.2 Å². The molecule has 0 aliphatic heterocycles. The van der Waals surface area contributed by atoms with Crippen LogP contribution in [0.3, 0.4) is 0 Å². The number of urea groups is 1. The predicted octanol–water partition coefficient (Wildman–Crippen LogP) is 1.93. The molecule has 0 radical (unpaired) electrons. The van der Waals surface area contributed by atoms with Crippen molar-refractivity contribution >= 4 is 11.7 Å². The average Bonchev–Trinajstić information content (AvgIpc) is 2.69. The summed E-state index contributed by atoms with van der Waals surface area (Å²) in [4.78, 5) is 12.5. The summed E-state index contributed by atoms with van der Waals surface area (Å²) >= 11 is 0. The number of hydrogen-bond donors (Lipinski definition) is 2. The number of hydrogen-bond acceptors (Lipinski definition) is 4. The fraction of sp³-hybridized carbons (Fsp3) is 0.636. The molecule has 1 aromatic rings. The lowest BCUT2D eigenvalue weighted by atomic mass is 10.2. The van der Waals surface area contributed by atoms with Gasteiger partial charge in [0.1, 0.15) is 11.4 Å². The molecule has 0 aromatic carbocycles. The highest BCUT2D eigenvalue weighted by molar-refractivity contribution is 5.90. The molecule has 1 heterocycles. The first-order chi connectivity index (χ1) is 9.16. The van der Waals surface area contributed by atoms with Crippen LogP contribution in [-0.4, -0.2) is 47.1 Å². The lowest BCUT2D eigenvalue weighted by Crippen LogP contribution is -2.43. The van der Waals surface area contributed by atoms with Gasteiger partial charge < -0.3 is 19.8 Å². The normalized spacial score (nSPS) is 13.2. The van der Waals surface area contributed by atoms with Crippen LogP contribution >= 0.6 is 0 Å². The van der Waals surface area contributed by atoms with Gasteiger partial charge in [0.25, 0.3) is 0 Å². The van der Waals surface area contributed by atoms with E-state index in [1.54, 1.807) is 13.8 Å². The number of rotatable bonds is 4. The maximum atomic E-state index is 12.2. The third kappa shape index (κ3) is 3.86. The van der Waals surface area contributed by atoms with Gasteiger partial charge in [0.2, 0.25) is 0 Å². The Kier molecular flexibility index (Phi) is 4.98. The average molecular weight is 295 g/mol. The van der Waals surface area contributed by atoms with Gasteiger partial charge in [-0.15, -0.1) is 0 Å². The summed E-state index contributed by atoms with van der Waals surface area (Å²) in [7, 11) is 1.15. The molecule has 0 spiro atoms. The number of likely N-dealkylation sites (N-methyl/N-ethyl adjacent to an activating group) is 1. The zero-order valence-electron chi connectivity index (χ0n) is 11.3. The van der Waals surface area contributed by atoms with Crippen LogP contribution in [-0.2, 0) is 6.42 Å². The molecule has 0 aliphatic carbocycles. The smallest absolute Gasteiger partial charge is 0.382 e. The van der Waals surface area contributed by atoms with Crippen molar-refractivity contribution in [2.24, 2.45) is 0 Å². The predicted molar refractivity (Wildman–Crippen MR) is 64.3 cm³/mol. The van der Waals surface area contributed by atoms with Gasteiger partial charge in [0.05, 0.1) is 6.54 Å². The molecule has 0 saturated carbocycles. The molecule has 6 nitrogen and oxygen atoms in total. The number of aryl methyl sites for hydroxylation is 2. The van der Waals surface area contributed by atoms with Crippen molar-refractivity contribution in [1.29, 1.82) is 0 Å². The summed E-state index contributed by atoms with van der Waals surface area (Å²) in [5, 5.41) is 15.0. The van der Waals surface area contributed by atoms with E-state index in [-0.39, 0.29) is 0 Å². The lowest BCUT2D eigenvalue weighted by Gasteiger charge is -2.22. The Morgan fingerprint density at radius 2 is 2.15 bits per heavy atom. The second-order valence-corrected chi connectivity index (χ2v) is 4.29. The molecule has 0 fully saturated rings. The Hall–Kier alpha value is -1.77. The minimum Gasteiger partial charge on any atom is -0.382 e. The molecule has 1 aromatic heterocycles. The lowest BCUT2D eigenvalue weighted by molar-refractivity contribution is -0.205. The van der Waals surface area contributed by atoms with Crippen molar-refractivity contribution in [2.45, 2.75) is 32.5 Å². The van der Waals surface area contributed by atoms with E-state index in [1.165, 1.54) is 0 Å². The molecule has 20 heavy (non-hydrogen) atoms. The summed E-state index contributed by atoms with van der Waals surface area (Å²) in [5.41, 5.74) is 0.769. The van der Waals surface area contributed by atoms with E-state index in [1.807, 2.05) is 0 Å². The zero-order chi connectivity index (χ0) is 15.5. The Balaban J connectivity index is 2.69. The van der Waals surface area contributed by atoms with E-state index in [2.05, 4.69) is 10.5 Å². The summed E-state index contributed by atoms with van der Waals surface area (Å²) in [6.07, 6.45) is -6.88. The standard InChI is InChI=1S/C11H16F3N3O3/c1-4-7-9(6(2)16-20-7)15-10(19)17(3)5-8(18)11(12,13)14/h8,18H,4-5H2,1-3H3,(H,15,19). The van der Waals surface area contributed by atoms with Crippen LogP contribution in [0.2, 0.25) is 0 Å². The SMILES string of the molecule is CCc1onc(C)c1NC(=O)N(C)CC(O)C(F)(F)F. The molecule has 1 atom stereocenters. The summed E-state index contributed by atoms with van der Waals surface area (Å²) in [5.74, 6) is 0.431. The Labute approximate surface area is 113 Å². The number of nitrogens with zero attached hydrogens (tertiary/aromatic N) is 2. The topological polar surface area (TPSA) is 78.6 Å². The molecule has 2 amide bonds. The monoisotopic (exact) mass is 295 g/mol. The van der Waals surface area contributed by atoms with Gasteiger partial charge in [0, 0.05) is 13.5 Å². The first-order valence-electron chi connectivity index (χ1n) is 5.88. The van der Waals surface area contributed by atoms with E-state index in [0.717, 1.165) is 11.9 Å². The number of halogens is 3. The maximum Gasteiger partial charge on any atom is 0.416 e. The van der Waals surface area contributed by atoms with Crippen LogP contribution in [0.25, 0.3) is 0 Å². The first kappa shape index (κ1) is 16.3. The van der Waals surface area contributed by atoms with Crippen LogP contribution in [0.4, 0.5) is 23.7 Å². The summed E-state index contributed by atoms with van der Waals surface area (Å²) in [6.45, 7) is 2.52. The van der Waals surface area contributed by atoms with Crippen LogP contribution in [0.15, 0.2) is 4.52 Å². The highest BCUT2D eigenvalue weighted by Crippen LogP contribution is 2.22. The minimum atomic E-state index is -4.77. The van der Waals surface area contributed by atoms with Crippen molar-refractivity contribution in [3.8, 4) is 0 Å². The first-order valence-corrected chi connectivity index (χ1v) is 5.88. The molecule has 1 unspecified atom stereocenters. The van der Waals surface area contributed by atoms with E-state index >= 15 is 0 Å². The summed E-state index contributed by atoms with van der Waals surface area (Å²) in [6, 6.07) is -0.783. The number of aliphatic hydroxyl groups excluding tert-OH is 1. The highest BCUT2D eigenvalue weighted by atomic mass is 19.4. The van der Waals surface area contributed by atoms with E-state index < -0.39 is 24.9 Å². The van der Waals surface area contributed by atoms with E-state index in [0.29, 0.717) is 23.6 Å². The van der Waals surface area contributed by atoms with Gasteiger partial charge >= 0.3 is 12.2 Å². The number of aliphatic hydroxyl groups is 1.